The normalized spacial score (nSPS) is 11.6. The van der Waals surface area contributed by atoms with Gasteiger partial charge in [0.05, 0.1) is 26.9 Å². The number of aryl methyl sites for hydroxylation is 2. The second-order valence-electron chi connectivity index (χ2n) is 7.17. The molecule has 3 aromatic heterocycles. The van der Waals surface area contributed by atoms with Crippen molar-refractivity contribution in [3.8, 4) is 0 Å². The average molecular weight is 394 g/mol. The van der Waals surface area contributed by atoms with Crippen molar-refractivity contribution in [3.05, 3.63) is 47.3 Å². The molecule has 0 N–H and O–H groups in total. The molecule has 1 aromatic carbocycles. The number of rotatable bonds is 4. The Morgan fingerprint density at radius 2 is 2.00 bits per heavy atom. The Hall–Kier alpha value is -2.80. The summed E-state index contributed by atoms with van der Waals surface area (Å²) in [6, 6.07) is 9.87. The largest absolute Gasteiger partial charge is 0.284 e. The molecule has 144 valence electrons. The molecular weight excluding hydrogens is 370 g/mol. The van der Waals surface area contributed by atoms with Gasteiger partial charge in [-0.3, -0.25) is 14.4 Å². The van der Waals surface area contributed by atoms with E-state index in [0.29, 0.717) is 17.2 Å². The van der Waals surface area contributed by atoms with Crippen LogP contribution < -0.4 is 4.90 Å². The van der Waals surface area contributed by atoms with E-state index in [2.05, 4.69) is 23.9 Å². The molecule has 0 atom stereocenters. The summed E-state index contributed by atoms with van der Waals surface area (Å²) in [4.78, 5) is 24.8. The molecule has 0 radical (unpaired) electrons. The van der Waals surface area contributed by atoms with Crippen LogP contribution in [0.15, 0.2) is 30.3 Å². The number of nitrogens with zero attached hydrogens (tertiary/aromatic N) is 5. The number of amides is 1. The molecule has 4 rings (SSSR count). The highest BCUT2D eigenvalue weighted by molar-refractivity contribution is 7.22. The zero-order valence-corrected chi connectivity index (χ0v) is 17.5. The fourth-order valence-electron chi connectivity index (χ4n) is 3.42. The van der Waals surface area contributed by atoms with Gasteiger partial charge >= 0.3 is 0 Å². The van der Waals surface area contributed by atoms with Crippen LogP contribution in [0.5, 0.6) is 0 Å². The molecule has 0 aliphatic heterocycles. The van der Waals surface area contributed by atoms with Crippen molar-refractivity contribution >= 4 is 43.6 Å². The number of aromatic nitrogens is 4. The van der Waals surface area contributed by atoms with E-state index in [1.165, 1.54) is 11.3 Å². The van der Waals surface area contributed by atoms with Gasteiger partial charge in [-0.1, -0.05) is 37.3 Å². The first-order chi connectivity index (χ1) is 13.4. The van der Waals surface area contributed by atoms with E-state index in [1.54, 1.807) is 9.58 Å². The van der Waals surface area contributed by atoms with Crippen LogP contribution in [0.1, 0.15) is 48.4 Å². The summed E-state index contributed by atoms with van der Waals surface area (Å²) in [6.07, 6.45) is 0. The summed E-state index contributed by atoms with van der Waals surface area (Å²) >= 11 is 1.54. The Labute approximate surface area is 167 Å². The third-order valence-corrected chi connectivity index (χ3v) is 5.94. The molecule has 0 spiro atoms. The van der Waals surface area contributed by atoms with Crippen LogP contribution in [0.2, 0.25) is 0 Å². The van der Waals surface area contributed by atoms with Gasteiger partial charge in [0.15, 0.2) is 10.8 Å². The van der Waals surface area contributed by atoms with E-state index < -0.39 is 0 Å². The lowest BCUT2D eigenvalue weighted by Gasteiger charge is -2.19. The minimum absolute atomic E-state index is 0.0630. The fraction of sp³-hybridized carbons (Fsp3) is 0.333. The lowest BCUT2D eigenvalue weighted by Crippen LogP contribution is -2.31. The fourth-order valence-corrected chi connectivity index (χ4v) is 4.44. The highest BCUT2D eigenvalue weighted by Crippen LogP contribution is 2.31. The van der Waals surface area contributed by atoms with Gasteiger partial charge in [0.1, 0.15) is 0 Å². The van der Waals surface area contributed by atoms with Crippen molar-refractivity contribution in [2.45, 2.75) is 33.6 Å². The zero-order chi connectivity index (χ0) is 20.0. The maximum Gasteiger partial charge on any atom is 0.260 e. The van der Waals surface area contributed by atoms with Crippen LogP contribution in [0.4, 0.5) is 5.13 Å². The molecule has 7 heteroatoms. The smallest absolute Gasteiger partial charge is 0.260 e. The van der Waals surface area contributed by atoms with E-state index in [0.717, 1.165) is 32.6 Å². The number of carbonyl (C=O) groups is 1. The molecule has 4 aromatic rings. The monoisotopic (exact) mass is 393 g/mol. The van der Waals surface area contributed by atoms with Crippen LogP contribution in [0.25, 0.3) is 21.3 Å². The first kappa shape index (κ1) is 18.6. The Bertz CT molecular complexity index is 1160. The van der Waals surface area contributed by atoms with Gasteiger partial charge in [-0.25, -0.2) is 9.97 Å². The van der Waals surface area contributed by atoms with Crippen LogP contribution >= 0.6 is 11.3 Å². The maximum absolute atomic E-state index is 13.6. The molecule has 0 saturated carbocycles. The van der Waals surface area contributed by atoms with Gasteiger partial charge in [-0.2, -0.15) is 5.10 Å². The van der Waals surface area contributed by atoms with Crippen molar-refractivity contribution in [2.24, 2.45) is 7.05 Å². The van der Waals surface area contributed by atoms with Gasteiger partial charge in [0.2, 0.25) is 0 Å². The first-order valence-electron chi connectivity index (χ1n) is 9.42. The van der Waals surface area contributed by atoms with E-state index >= 15 is 0 Å². The molecule has 0 fully saturated rings. The number of hydrogen-bond donors (Lipinski definition) is 0. The number of anilines is 1. The van der Waals surface area contributed by atoms with Gasteiger partial charge in [-0.05, 0) is 38.0 Å². The number of para-hydroxylation sites is 1. The molecule has 1 amide bonds. The molecule has 28 heavy (non-hydrogen) atoms. The van der Waals surface area contributed by atoms with E-state index in [-0.39, 0.29) is 11.8 Å². The lowest BCUT2D eigenvalue weighted by atomic mass is 10.0. The third kappa shape index (κ3) is 2.96. The van der Waals surface area contributed by atoms with Crippen LogP contribution in [-0.4, -0.2) is 32.2 Å². The molecule has 3 heterocycles. The van der Waals surface area contributed by atoms with Crippen molar-refractivity contribution in [1.82, 2.24) is 19.7 Å². The minimum Gasteiger partial charge on any atom is -0.284 e. The van der Waals surface area contributed by atoms with Gasteiger partial charge in [0.25, 0.3) is 5.91 Å². The molecule has 0 bridgehead atoms. The number of hydrogen-bond acceptors (Lipinski definition) is 5. The predicted molar refractivity (Wildman–Crippen MR) is 114 cm³/mol. The predicted octanol–water partition coefficient (Wildman–Crippen LogP) is 4.68. The Morgan fingerprint density at radius 1 is 1.25 bits per heavy atom. The summed E-state index contributed by atoms with van der Waals surface area (Å²) in [6.45, 7) is 8.60. The number of benzene rings is 1. The molecule has 0 aliphatic rings. The molecule has 6 nitrogen and oxygen atoms in total. The maximum atomic E-state index is 13.6. The van der Waals surface area contributed by atoms with Crippen molar-refractivity contribution < 1.29 is 4.79 Å². The second kappa shape index (κ2) is 6.98. The number of fused-ring (bicyclic) bond motifs is 2. The zero-order valence-electron chi connectivity index (χ0n) is 16.7. The molecule has 0 unspecified atom stereocenters. The summed E-state index contributed by atoms with van der Waals surface area (Å²) in [5.74, 6) is 0.149. The Balaban J connectivity index is 1.88. The van der Waals surface area contributed by atoms with Crippen LogP contribution in [0, 0.1) is 6.92 Å². The second-order valence-corrected chi connectivity index (χ2v) is 8.18. The lowest BCUT2D eigenvalue weighted by molar-refractivity contribution is 0.0989. The van der Waals surface area contributed by atoms with Gasteiger partial charge in [-0.15, -0.1) is 0 Å². The average Bonchev–Trinajstić information content (AvgIpc) is 3.22. The Morgan fingerprint density at radius 3 is 2.68 bits per heavy atom. The number of thiazole rings is 1. The van der Waals surface area contributed by atoms with Gasteiger partial charge < -0.3 is 0 Å². The van der Waals surface area contributed by atoms with Crippen molar-refractivity contribution in [3.63, 3.8) is 0 Å². The first-order valence-corrected chi connectivity index (χ1v) is 10.2. The molecular formula is C21H23N5OS. The number of carbonyl (C=O) groups excluding carboxylic acids is 1. The van der Waals surface area contributed by atoms with E-state index in [4.69, 9.17) is 4.98 Å². The Kier molecular flexibility index (Phi) is 4.63. The van der Waals surface area contributed by atoms with Crippen molar-refractivity contribution in [1.29, 1.82) is 0 Å². The topological polar surface area (TPSA) is 63.9 Å². The third-order valence-electron chi connectivity index (χ3n) is 4.89. The standard InChI is InChI=1S/C21H23N5OS/c1-6-26(21-23-15-9-7-8-10-17(15)28-21)20(27)14-11-16(12(2)3)22-19-18(14)13(4)24-25(19)5/h7-12H,6H2,1-5H3. The molecule has 0 saturated heterocycles. The highest BCUT2D eigenvalue weighted by atomic mass is 32.1. The number of pyridine rings is 1. The van der Waals surface area contributed by atoms with E-state index in [9.17, 15) is 4.79 Å². The molecule has 0 aliphatic carbocycles. The minimum atomic E-state index is -0.0630. The summed E-state index contributed by atoms with van der Waals surface area (Å²) in [7, 11) is 1.87. The highest BCUT2D eigenvalue weighted by Gasteiger charge is 2.25. The van der Waals surface area contributed by atoms with Crippen LogP contribution in [0.3, 0.4) is 0 Å². The quantitative estimate of drug-likeness (QED) is 0.505. The van der Waals surface area contributed by atoms with Gasteiger partial charge in [0, 0.05) is 19.3 Å². The SMILES string of the molecule is CCN(C(=O)c1cc(C(C)C)nc2c1c(C)nn2C)c1nc2ccccc2s1. The van der Waals surface area contributed by atoms with E-state index in [1.807, 2.05) is 51.2 Å². The summed E-state index contributed by atoms with van der Waals surface area (Å²) in [5.41, 5.74) is 3.99. The summed E-state index contributed by atoms with van der Waals surface area (Å²) in [5, 5.41) is 6.03. The summed E-state index contributed by atoms with van der Waals surface area (Å²) < 4.78 is 2.82. The van der Waals surface area contributed by atoms with Crippen LogP contribution in [-0.2, 0) is 7.05 Å². The van der Waals surface area contributed by atoms with Crippen molar-refractivity contribution in [2.75, 3.05) is 11.4 Å².